The third-order valence-electron chi connectivity index (χ3n) is 3.17. The quantitative estimate of drug-likeness (QED) is 0.767. The van der Waals surface area contributed by atoms with Crippen molar-refractivity contribution in [2.75, 3.05) is 6.54 Å². The summed E-state index contributed by atoms with van der Waals surface area (Å²) in [5.74, 6) is -1.15. The van der Waals surface area contributed by atoms with E-state index in [9.17, 15) is 13.2 Å². The summed E-state index contributed by atoms with van der Waals surface area (Å²) in [5.41, 5.74) is 1.10. The minimum Gasteiger partial charge on any atom is -0.478 e. The lowest BCUT2D eigenvalue weighted by molar-refractivity contribution is 0.0696. The van der Waals surface area contributed by atoms with Crippen molar-refractivity contribution in [2.45, 2.75) is 17.7 Å². The van der Waals surface area contributed by atoms with E-state index < -0.39 is 16.0 Å². The summed E-state index contributed by atoms with van der Waals surface area (Å²) in [4.78, 5) is 10.8. The summed E-state index contributed by atoms with van der Waals surface area (Å²) in [6.07, 6.45) is 1.44. The number of nitrogens with one attached hydrogen (secondary N) is 1. The molecule has 0 spiro atoms. The first-order valence-electron chi connectivity index (χ1n) is 6.86. The van der Waals surface area contributed by atoms with Crippen LogP contribution in [0.5, 0.6) is 0 Å². The molecule has 0 unspecified atom stereocenters. The molecule has 2 rings (SSSR count). The van der Waals surface area contributed by atoms with E-state index in [0.29, 0.717) is 13.0 Å². The number of sulfonamides is 1. The summed E-state index contributed by atoms with van der Waals surface area (Å²) in [6.45, 7) is 0.300. The molecule has 2 aromatic rings. The highest BCUT2D eigenvalue weighted by molar-refractivity contribution is 7.89. The molecule has 6 heteroatoms. The number of carbonyl (C=O) groups is 1. The van der Waals surface area contributed by atoms with Gasteiger partial charge in [-0.2, -0.15) is 0 Å². The predicted octanol–water partition coefficient (Wildman–Crippen LogP) is 2.30. The lowest BCUT2D eigenvalue weighted by Gasteiger charge is -2.07. The third-order valence-corrected chi connectivity index (χ3v) is 4.63. The van der Waals surface area contributed by atoms with Crippen molar-refractivity contribution in [2.24, 2.45) is 0 Å². The third kappa shape index (κ3) is 4.41. The average Bonchev–Trinajstić information content (AvgIpc) is 2.53. The zero-order valence-corrected chi connectivity index (χ0v) is 12.7. The molecule has 0 aromatic heterocycles. The average molecular weight is 319 g/mol. The van der Waals surface area contributed by atoms with E-state index in [0.717, 1.165) is 18.1 Å². The van der Waals surface area contributed by atoms with Gasteiger partial charge in [-0.05, 0) is 36.6 Å². The highest BCUT2D eigenvalue weighted by atomic mass is 32.2. The van der Waals surface area contributed by atoms with Gasteiger partial charge in [-0.3, -0.25) is 0 Å². The van der Waals surface area contributed by atoms with Crippen LogP contribution in [-0.4, -0.2) is 26.0 Å². The number of carboxylic acid groups (broad SMARTS) is 1. The van der Waals surface area contributed by atoms with Gasteiger partial charge in [0.05, 0.1) is 10.5 Å². The van der Waals surface area contributed by atoms with Crippen LogP contribution in [0, 0.1) is 0 Å². The van der Waals surface area contributed by atoms with Crippen molar-refractivity contribution in [3.8, 4) is 0 Å². The zero-order chi connectivity index (χ0) is 16.0. The van der Waals surface area contributed by atoms with Gasteiger partial charge in [0.15, 0.2) is 0 Å². The molecule has 2 N–H and O–H groups in total. The van der Waals surface area contributed by atoms with E-state index in [-0.39, 0.29) is 10.5 Å². The van der Waals surface area contributed by atoms with Crippen molar-refractivity contribution in [1.82, 2.24) is 4.72 Å². The van der Waals surface area contributed by atoms with Crippen LogP contribution >= 0.6 is 0 Å². The van der Waals surface area contributed by atoms with Gasteiger partial charge in [0.2, 0.25) is 10.0 Å². The molecular formula is C16H17NO4S. The van der Waals surface area contributed by atoms with Gasteiger partial charge in [0, 0.05) is 6.54 Å². The Morgan fingerprint density at radius 1 is 1.05 bits per heavy atom. The minimum atomic E-state index is -3.68. The molecule has 0 aliphatic heterocycles. The summed E-state index contributed by atoms with van der Waals surface area (Å²) in [7, 11) is -3.68. The van der Waals surface area contributed by atoms with Crippen LogP contribution in [0.25, 0.3) is 0 Å². The monoisotopic (exact) mass is 319 g/mol. The molecule has 116 valence electrons. The highest BCUT2D eigenvalue weighted by Gasteiger charge is 2.15. The van der Waals surface area contributed by atoms with E-state index in [2.05, 4.69) is 4.72 Å². The van der Waals surface area contributed by atoms with Crippen LogP contribution in [0.15, 0.2) is 59.5 Å². The Labute approximate surface area is 129 Å². The Balaban J connectivity index is 1.94. The molecular weight excluding hydrogens is 302 g/mol. The Morgan fingerprint density at radius 3 is 2.45 bits per heavy atom. The van der Waals surface area contributed by atoms with Crippen molar-refractivity contribution < 1.29 is 18.3 Å². The van der Waals surface area contributed by atoms with E-state index in [4.69, 9.17) is 5.11 Å². The molecule has 0 fully saturated rings. The van der Waals surface area contributed by atoms with Crippen LogP contribution in [0.2, 0.25) is 0 Å². The Kier molecular flexibility index (Phi) is 5.30. The summed E-state index contributed by atoms with van der Waals surface area (Å²) in [5, 5.41) is 8.90. The second-order valence-corrected chi connectivity index (χ2v) is 6.59. The molecule has 0 aliphatic carbocycles. The Bertz CT molecular complexity index is 742. The van der Waals surface area contributed by atoms with Crippen LogP contribution < -0.4 is 4.72 Å². The molecule has 0 bridgehead atoms. The largest absolute Gasteiger partial charge is 0.478 e. The maximum absolute atomic E-state index is 12.1. The smallest absolute Gasteiger partial charge is 0.335 e. The van der Waals surface area contributed by atoms with Gasteiger partial charge in [-0.25, -0.2) is 17.9 Å². The standard InChI is InChI=1S/C16H17NO4S/c18-16(19)14-9-4-10-15(12-14)22(20,21)17-11-5-8-13-6-2-1-3-7-13/h1-4,6-7,9-10,12,17H,5,8,11H2,(H,18,19). The van der Waals surface area contributed by atoms with E-state index in [1.807, 2.05) is 30.3 Å². The molecule has 0 amide bonds. The van der Waals surface area contributed by atoms with Gasteiger partial charge < -0.3 is 5.11 Å². The van der Waals surface area contributed by atoms with E-state index >= 15 is 0 Å². The Hall–Kier alpha value is -2.18. The second-order valence-electron chi connectivity index (χ2n) is 4.82. The zero-order valence-electron chi connectivity index (χ0n) is 11.9. The first kappa shape index (κ1) is 16.2. The summed E-state index contributed by atoms with van der Waals surface area (Å²) >= 11 is 0. The molecule has 0 radical (unpaired) electrons. The number of rotatable bonds is 7. The predicted molar refractivity (Wildman–Crippen MR) is 83.4 cm³/mol. The van der Waals surface area contributed by atoms with Crippen LogP contribution in [0.3, 0.4) is 0 Å². The molecule has 0 heterocycles. The lowest BCUT2D eigenvalue weighted by Crippen LogP contribution is -2.25. The first-order chi connectivity index (χ1) is 10.5. The second kappa shape index (κ2) is 7.20. The van der Waals surface area contributed by atoms with Crippen LogP contribution in [0.4, 0.5) is 0 Å². The fourth-order valence-electron chi connectivity index (χ4n) is 2.02. The molecule has 5 nitrogen and oxygen atoms in total. The van der Waals surface area contributed by atoms with Crippen molar-refractivity contribution in [3.05, 3.63) is 65.7 Å². The number of aromatic carboxylic acids is 1. The van der Waals surface area contributed by atoms with Crippen molar-refractivity contribution in [1.29, 1.82) is 0 Å². The minimum absolute atomic E-state index is 0.0351. The number of aryl methyl sites for hydroxylation is 1. The molecule has 0 atom stereocenters. The fourth-order valence-corrected chi connectivity index (χ4v) is 3.14. The molecule has 22 heavy (non-hydrogen) atoms. The number of hydrogen-bond donors (Lipinski definition) is 2. The van der Waals surface area contributed by atoms with E-state index in [1.165, 1.54) is 18.2 Å². The van der Waals surface area contributed by atoms with Gasteiger partial charge in [0.25, 0.3) is 0 Å². The number of carboxylic acids is 1. The molecule has 0 saturated heterocycles. The normalized spacial score (nSPS) is 11.3. The van der Waals surface area contributed by atoms with Crippen molar-refractivity contribution >= 4 is 16.0 Å². The van der Waals surface area contributed by atoms with Gasteiger partial charge in [0.1, 0.15) is 0 Å². The molecule has 2 aromatic carbocycles. The topological polar surface area (TPSA) is 83.5 Å². The Morgan fingerprint density at radius 2 is 1.77 bits per heavy atom. The lowest BCUT2D eigenvalue weighted by atomic mass is 10.1. The molecule has 0 saturated carbocycles. The first-order valence-corrected chi connectivity index (χ1v) is 8.34. The maximum Gasteiger partial charge on any atom is 0.335 e. The summed E-state index contributed by atoms with van der Waals surface area (Å²) < 4.78 is 26.7. The van der Waals surface area contributed by atoms with Gasteiger partial charge in [-0.15, -0.1) is 0 Å². The molecule has 0 aliphatic rings. The number of benzene rings is 2. The summed E-state index contributed by atoms with van der Waals surface area (Å²) in [6, 6.07) is 15.1. The van der Waals surface area contributed by atoms with Crippen LogP contribution in [-0.2, 0) is 16.4 Å². The van der Waals surface area contributed by atoms with Crippen LogP contribution in [0.1, 0.15) is 22.3 Å². The number of hydrogen-bond acceptors (Lipinski definition) is 3. The van der Waals surface area contributed by atoms with Gasteiger partial charge >= 0.3 is 5.97 Å². The van der Waals surface area contributed by atoms with Gasteiger partial charge in [-0.1, -0.05) is 36.4 Å². The van der Waals surface area contributed by atoms with E-state index in [1.54, 1.807) is 0 Å². The maximum atomic E-state index is 12.1. The fraction of sp³-hybridized carbons (Fsp3) is 0.188. The highest BCUT2D eigenvalue weighted by Crippen LogP contribution is 2.11. The van der Waals surface area contributed by atoms with Crippen molar-refractivity contribution in [3.63, 3.8) is 0 Å². The SMILES string of the molecule is O=C(O)c1cccc(S(=O)(=O)NCCCc2ccccc2)c1.